The maximum absolute atomic E-state index is 12.3. The SMILES string of the molecule is CCCc1nn2c(=O)cc(COc3ccc(NC(=O)c4ccccc4)cc3)nc2s1. The van der Waals surface area contributed by atoms with Gasteiger partial charge in [-0.2, -0.15) is 9.61 Å². The van der Waals surface area contributed by atoms with Crippen molar-refractivity contribution in [2.24, 2.45) is 0 Å². The number of fused-ring (bicyclic) bond motifs is 1. The van der Waals surface area contributed by atoms with Gasteiger partial charge < -0.3 is 10.1 Å². The van der Waals surface area contributed by atoms with Gasteiger partial charge in [0.2, 0.25) is 4.96 Å². The lowest BCUT2D eigenvalue weighted by molar-refractivity contribution is 0.102. The van der Waals surface area contributed by atoms with Crippen molar-refractivity contribution in [3.05, 3.63) is 87.3 Å². The van der Waals surface area contributed by atoms with Crippen molar-refractivity contribution in [3.63, 3.8) is 0 Å². The van der Waals surface area contributed by atoms with Gasteiger partial charge in [-0.3, -0.25) is 9.59 Å². The molecule has 0 radical (unpaired) electrons. The van der Waals surface area contributed by atoms with Crippen LogP contribution in [0, 0.1) is 0 Å². The van der Waals surface area contributed by atoms with Gasteiger partial charge in [0.25, 0.3) is 11.5 Å². The molecule has 0 aliphatic carbocycles. The number of carbonyl (C=O) groups is 1. The number of nitrogens with zero attached hydrogens (tertiary/aromatic N) is 3. The van der Waals surface area contributed by atoms with E-state index >= 15 is 0 Å². The van der Waals surface area contributed by atoms with Crippen LogP contribution in [-0.4, -0.2) is 20.5 Å². The standard InChI is InChI=1S/C22H20N4O3S/c1-2-6-19-25-26-20(27)13-17(24-22(26)30-19)14-29-18-11-9-16(10-12-18)23-21(28)15-7-4-3-5-8-15/h3-5,7-13H,2,6,14H2,1H3,(H,23,28). The molecule has 0 saturated carbocycles. The summed E-state index contributed by atoms with van der Waals surface area (Å²) in [4.78, 5) is 29.5. The van der Waals surface area contributed by atoms with Crippen molar-refractivity contribution in [2.45, 2.75) is 26.4 Å². The van der Waals surface area contributed by atoms with Gasteiger partial charge in [0.05, 0.1) is 5.69 Å². The smallest absolute Gasteiger partial charge is 0.275 e. The molecule has 4 aromatic rings. The molecule has 2 heterocycles. The number of hydrogen-bond acceptors (Lipinski definition) is 6. The quantitative estimate of drug-likeness (QED) is 0.490. The monoisotopic (exact) mass is 420 g/mol. The van der Waals surface area contributed by atoms with Crippen LogP contribution in [0.25, 0.3) is 4.96 Å². The van der Waals surface area contributed by atoms with Crippen LogP contribution in [0.2, 0.25) is 0 Å². The third kappa shape index (κ3) is 4.55. The highest BCUT2D eigenvalue weighted by atomic mass is 32.1. The summed E-state index contributed by atoms with van der Waals surface area (Å²) in [5.74, 6) is 0.444. The first-order chi connectivity index (χ1) is 14.6. The summed E-state index contributed by atoms with van der Waals surface area (Å²) in [7, 11) is 0. The maximum atomic E-state index is 12.3. The van der Waals surface area contributed by atoms with E-state index in [1.54, 1.807) is 36.4 Å². The first kappa shape index (κ1) is 19.8. The predicted octanol–water partition coefficient (Wildman–Crippen LogP) is 3.93. The molecule has 30 heavy (non-hydrogen) atoms. The Morgan fingerprint density at radius 2 is 1.90 bits per heavy atom. The molecule has 0 saturated heterocycles. The number of aromatic nitrogens is 3. The number of benzene rings is 2. The van der Waals surface area contributed by atoms with Crippen LogP contribution in [0.1, 0.15) is 34.4 Å². The summed E-state index contributed by atoms with van der Waals surface area (Å²) < 4.78 is 7.09. The molecule has 152 valence electrons. The van der Waals surface area contributed by atoms with Crippen LogP contribution in [-0.2, 0) is 13.0 Å². The molecular weight excluding hydrogens is 400 g/mol. The van der Waals surface area contributed by atoms with Gasteiger partial charge in [-0.25, -0.2) is 4.98 Å². The molecule has 4 rings (SSSR count). The molecule has 0 fully saturated rings. The Labute approximate surface area is 177 Å². The zero-order chi connectivity index (χ0) is 20.9. The topological polar surface area (TPSA) is 85.6 Å². The fourth-order valence-corrected chi connectivity index (χ4v) is 3.89. The van der Waals surface area contributed by atoms with Gasteiger partial charge in [0.15, 0.2) is 0 Å². The van der Waals surface area contributed by atoms with Crippen LogP contribution < -0.4 is 15.6 Å². The predicted molar refractivity (Wildman–Crippen MR) is 116 cm³/mol. The fourth-order valence-electron chi connectivity index (χ4n) is 2.87. The minimum Gasteiger partial charge on any atom is -0.487 e. The fraction of sp³-hybridized carbons (Fsp3) is 0.182. The Morgan fingerprint density at radius 1 is 1.13 bits per heavy atom. The number of hydrogen-bond donors (Lipinski definition) is 1. The van der Waals surface area contributed by atoms with Crippen LogP contribution in [0.15, 0.2) is 65.5 Å². The third-order valence-electron chi connectivity index (χ3n) is 4.34. The average Bonchev–Trinajstić information content (AvgIpc) is 3.17. The summed E-state index contributed by atoms with van der Waals surface area (Å²) in [5.41, 5.74) is 1.60. The summed E-state index contributed by atoms with van der Waals surface area (Å²) in [6.45, 7) is 2.24. The highest BCUT2D eigenvalue weighted by Gasteiger charge is 2.09. The van der Waals surface area contributed by atoms with E-state index < -0.39 is 0 Å². The molecule has 0 aliphatic heterocycles. The van der Waals surface area contributed by atoms with Gasteiger partial charge >= 0.3 is 0 Å². The highest BCUT2D eigenvalue weighted by molar-refractivity contribution is 7.16. The van der Waals surface area contributed by atoms with Crippen molar-refractivity contribution < 1.29 is 9.53 Å². The van der Waals surface area contributed by atoms with Crippen LogP contribution >= 0.6 is 11.3 Å². The van der Waals surface area contributed by atoms with Crippen molar-refractivity contribution in [1.29, 1.82) is 0 Å². The number of anilines is 1. The third-order valence-corrected chi connectivity index (χ3v) is 5.31. The second kappa shape index (κ2) is 8.87. The van der Waals surface area contributed by atoms with E-state index in [-0.39, 0.29) is 18.1 Å². The Hall–Kier alpha value is -3.52. The Bertz CT molecular complexity index is 1220. The first-order valence-corrected chi connectivity index (χ1v) is 10.4. The zero-order valence-corrected chi connectivity index (χ0v) is 17.2. The normalized spacial score (nSPS) is 10.8. The average molecular weight is 420 g/mol. The Kier molecular flexibility index (Phi) is 5.85. The second-order valence-corrected chi connectivity index (χ2v) is 7.70. The molecule has 1 N–H and O–H groups in total. The van der Waals surface area contributed by atoms with E-state index in [2.05, 4.69) is 22.3 Å². The molecule has 7 nitrogen and oxygen atoms in total. The zero-order valence-electron chi connectivity index (χ0n) is 16.4. The van der Waals surface area contributed by atoms with E-state index in [1.807, 2.05) is 18.2 Å². The molecule has 0 atom stereocenters. The van der Waals surface area contributed by atoms with Crippen LogP contribution in [0.4, 0.5) is 5.69 Å². The van der Waals surface area contributed by atoms with E-state index in [0.29, 0.717) is 27.7 Å². The lowest BCUT2D eigenvalue weighted by atomic mass is 10.2. The summed E-state index contributed by atoms with van der Waals surface area (Å²) >= 11 is 1.42. The van der Waals surface area contributed by atoms with Crippen LogP contribution in [0.3, 0.4) is 0 Å². The van der Waals surface area contributed by atoms with Gasteiger partial charge in [0, 0.05) is 23.7 Å². The summed E-state index contributed by atoms with van der Waals surface area (Å²) in [6.07, 6.45) is 1.79. The largest absolute Gasteiger partial charge is 0.487 e. The molecule has 2 aromatic heterocycles. The Morgan fingerprint density at radius 3 is 2.63 bits per heavy atom. The van der Waals surface area contributed by atoms with E-state index in [4.69, 9.17) is 4.74 Å². The molecule has 0 aliphatic rings. The number of aryl methyl sites for hydroxylation is 1. The van der Waals surface area contributed by atoms with E-state index in [0.717, 1.165) is 17.8 Å². The van der Waals surface area contributed by atoms with Crippen molar-refractivity contribution in [3.8, 4) is 5.75 Å². The minimum atomic E-state index is -0.212. The minimum absolute atomic E-state index is 0.169. The molecular formula is C22H20N4O3S. The Balaban J connectivity index is 1.40. The second-order valence-electron chi connectivity index (χ2n) is 6.66. The van der Waals surface area contributed by atoms with E-state index in [9.17, 15) is 9.59 Å². The lowest BCUT2D eigenvalue weighted by Gasteiger charge is -2.08. The number of nitrogens with one attached hydrogen (secondary N) is 1. The molecule has 0 bridgehead atoms. The maximum Gasteiger partial charge on any atom is 0.275 e. The van der Waals surface area contributed by atoms with Crippen LogP contribution in [0.5, 0.6) is 5.75 Å². The van der Waals surface area contributed by atoms with E-state index in [1.165, 1.54) is 21.9 Å². The molecule has 0 unspecified atom stereocenters. The van der Waals surface area contributed by atoms with Gasteiger partial charge in [-0.05, 0) is 42.8 Å². The van der Waals surface area contributed by atoms with Crippen molar-refractivity contribution in [1.82, 2.24) is 14.6 Å². The van der Waals surface area contributed by atoms with Crippen molar-refractivity contribution in [2.75, 3.05) is 5.32 Å². The number of carbonyl (C=O) groups excluding carboxylic acids is 1. The molecule has 8 heteroatoms. The van der Waals surface area contributed by atoms with Crippen molar-refractivity contribution >= 4 is 27.9 Å². The number of ether oxygens (including phenoxy) is 1. The molecule has 0 spiro atoms. The molecule has 2 aromatic carbocycles. The first-order valence-electron chi connectivity index (χ1n) is 9.60. The summed E-state index contributed by atoms with van der Waals surface area (Å²) in [5, 5.41) is 8.04. The molecule has 1 amide bonds. The van der Waals surface area contributed by atoms with Gasteiger partial charge in [0.1, 0.15) is 17.4 Å². The van der Waals surface area contributed by atoms with Gasteiger partial charge in [-0.15, -0.1) is 0 Å². The van der Waals surface area contributed by atoms with Gasteiger partial charge in [-0.1, -0.05) is 36.5 Å². The lowest BCUT2D eigenvalue weighted by Crippen LogP contribution is -2.16. The highest BCUT2D eigenvalue weighted by Crippen LogP contribution is 2.18. The number of rotatable bonds is 7. The number of amides is 1. The summed E-state index contributed by atoms with van der Waals surface area (Å²) in [6, 6.07) is 17.5.